The molecule has 22 heavy (non-hydrogen) atoms. The Kier molecular flexibility index (Phi) is 3.43. The molecule has 0 N–H and O–H groups in total. The number of hydrogen-bond acceptors (Lipinski definition) is 3. The van der Waals surface area contributed by atoms with Gasteiger partial charge >= 0.3 is 11.9 Å². The number of alkyl halides is 2. The van der Waals surface area contributed by atoms with Crippen molar-refractivity contribution in [3.8, 4) is 0 Å². The third-order valence-corrected chi connectivity index (χ3v) is 3.93. The summed E-state index contributed by atoms with van der Waals surface area (Å²) in [5, 5.41) is 1.44. The number of rotatable bonds is 2. The summed E-state index contributed by atoms with van der Waals surface area (Å²) in [6, 6.07) is 10.1. The quantitative estimate of drug-likeness (QED) is 0.794. The highest BCUT2D eigenvalue weighted by Crippen LogP contribution is 2.43. The number of esters is 1. The molecule has 0 radical (unpaired) electrons. The number of Topliss-reactive ketones (excluding diaryl/α,β-unsaturated/α-hetero) is 1. The van der Waals surface area contributed by atoms with E-state index >= 15 is 0 Å². The van der Waals surface area contributed by atoms with E-state index in [1.165, 1.54) is 6.07 Å². The summed E-state index contributed by atoms with van der Waals surface area (Å²) in [7, 11) is 0. The topological polar surface area (TPSA) is 43.4 Å². The van der Waals surface area contributed by atoms with E-state index in [2.05, 4.69) is 0 Å². The fourth-order valence-corrected chi connectivity index (χ4v) is 2.96. The van der Waals surface area contributed by atoms with Crippen LogP contribution >= 0.6 is 0 Å². The lowest BCUT2D eigenvalue weighted by molar-refractivity contribution is -0.147. The molecule has 0 saturated carbocycles. The second-order valence-corrected chi connectivity index (χ2v) is 5.29. The minimum absolute atomic E-state index is 0.0898. The summed E-state index contributed by atoms with van der Waals surface area (Å²) in [6.07, 6.45) is -0.842. The summed E-state index contributed by atoms with van der Waals surface area (Å²) in [6.45, 7) is 1.73. The van der Waals surface area contributed by atoms with Crippen molar-refractivity contribution in [3.05, 3.63) is 47.5 Å². The van der Waals surface area contributed by atoms with E-state index in [9.17, 15) is 18.4 Å². The van der Waals surface area contributed by atoms with E-state index in [0.29, 0.717) is 10.9 Å². The zero-order valence-electron chi connectivity index (χ0n) is 11.9. The Balaban J connectivity index is 2.27. The maximum Gasteiger partial charge on any atom is 0.313 e. The van der Waals surface area contributed by atoms with Crippen LogP contribution < -0.4 is 0 Å². The SMILES string of the molecule is CCOC(=O)C1CC(F)(F)C(=O)c2ccc3ccccc3c21. The van der Waals surface area contributed by atoms with Crippen LogP contribution in [0.25, 0.3) is 10.8 Å². The minimum atomic E-state index is -3.55. The average molecular weight is 304 g/mol. The van der Waals surface area contributed by atoms with Crippen LogP contribution in [0, 0.1) is 0 Å². The molecule has 0 aliphatic heterocycles. The van der Waals surface area contributed by atoms with E-state index in [4.69, 9.17) is 4.74 Å². The maximum atomic E-state index is 14.0. The van der Waals surface area contributed by atoms with Crippen LogP contribution in [0.4, 0.5) is 8.78 Å². The largest absolute Gasteiger partial charge is 0.466 e. The van der Waals surface area contributed by atoms with Crippen molar-refractivity contribution >= 4 is 22.5 Å². The van der Waals surface area contributed by atoms with Crippen LogP contribution in [-0.4, -0.2) is 24.3 Å². The van der Waals surface area contributed by atoms with Crippen molar-refractivity contribution in [2.75, 3.05) is 6.61 Å². The molecule has 0 bridgehead atoms. The fraction of sp³-hybridized carbons (Fsp3) is 0.294. The van der Waals surface area contributed by atoms with Crippen LogP contribution in [0.3, 0.4) is 0 Å². The Labute approximate surface area is 125 Å². The molecule has 3 rings (SSSR count). The number of ketones is 1. The van der Waals surface area contributed by atoms with E-state index in [1.807, 2.05) is 12.1 Å². The first kappa shape index (κ1) is 14.6. The Morgan fingerprint density at radius 1 is 1.27 bits per heavy atom. The van der Waals surface area contributed by atoms with Gasteiger partial charge < -0.3 is 4.74 Å². The lowest BCUT2D eigenvalue weighted by atomic mass is 9.77. The number of ether oxygens (including phenoxy) is 1. The van der Waals surface area contributed by atoms with Crippen molar-refractivity contribution in [3.63, 3.8) is 0 Å². The molecule has 0 heterocycles. The van der Waals surface area contributed by atoms with Crippen LogP contribution in [0.2, 0.25) is 0 Å². The Bertz CT molecular complexity index is 768. The van der Waals surface area contributed by atoms with Crippen molar-refractivity contribution in [2.45, 2.75) is 25.2 Å². The molecule has 3 nitrogen and oxygen atoms in total. The summed E-state index contributed by atoms with van der Waals surface area (Å²) in [5.41, 5.74) is 0.264. The van der Waals surface area contributed by atoms with E-state index < -0.39 is 30.0 Å². The molecule has 0 spiro atoms. The first-order chi connectivity index (χ1) is 10.5. The van der Waals surface area contributed by atoms with Crippen LogP contribution in [-0.2, 0) is 9.53 Å². The number of halogens is 2. The van der Waals surface area contributed by atoms with Crippen LogP contribution in [0.5, 0.6) is 0 Å². The van der Waals surface area contributed by atoms with Gasteiger partial charge in [0.25, 0.3) is 0 Å². The highest BCUT2D eigenvalue weighted by molar-refractivity contribution is 6.10. The number of hydrogen-bond donors (Lipinski definition) is 0. The molecule has 0 fully saturated rings. The van der Waals surface area contributed by atoms with Gasteiger partial charge in [0.2, 0.25) is 5.78 Å². The molecule has 1 unspecified atom stereocenters. The normalized spacial score (nSPS) is 19.8. The summed E-state index contributed by atoms with van der Waals surface area (Å²) < 4.78 is 32.9. The first-order valence-corrected chi connectivity index (χ1v) is 7.06. The molecule has 2 aromatic carbocycles. The highest BCUT2D eigenvalue weighted by atomic mass is 19.3. The van der Waals surface area contributed by atoms with Crippen LogP contribution in [0.15, 0.2) is 36.4 Å². The molecular weight excluding hydrogens is 290 g/mol. The molecule has 5 heteroatoms. The van der Waals surface area contributed by atoms with Gasteiger partial charge in [-0.2, -0.15) is 8.78 Å². The summed E-state index contributed by atoms with van der Waals surface area (Å²) >= 11 is 0. The van der Waals surface area contributed by atoms with Gasteiger partial charge in [0, 0.05) is 12.0 Å². The smallest absolute Gasteiger partial charge is 0.313 e. The fourth-order valence-electron chi connectivity index (χ4n) is 2.96. The number of fused-ring (bicyclic) bond motifs is 3. The van der Waals surface area contributed by atoms with Gasteiger partial charge in [0.05, 0.1) is 12.5 Å². The Morgan fingerprint density at radius 2 is 2.00 bits per heavy atom. The van der Waals surface area contributed by atoms with Crippen molar-refractivity contribution < 1.29 is 23.1 Å². The van der Waals surface area contributed by atoms with E-state index in [1.54, 1.807) is 25.1 Å². The maximum absolute atomic E-state index is 14.0. The second-order valence-electron chi connectivity index (χ2n) is 5.29. The molecule has 2 aromatic rings. The third-order valence-electron chi connectivity index (χ3n) is 3.93. The average Bonchev–Trinajstić information content (AvgIpc) is 2.50. The van der Waals surface area contributed by atoms with Gasteiger partial charge in [-0.05, 0) is 23.3 Å². The monoisotopic (exact) mass is 304 g/mol. The molecule has 0 saturated heterocycles. The zero-order valence-corrected chi connectivity index (χ0v) is 11.9. The van der Waals surface area contributed by atoms with Gasteiger partial charge in [-0.25, -0.2) is 0 Å². The molecule has 1 aliphatic carbocycles. The number of carbonyl (C=O) groups excluding carboxylic acids is 2. The molecular formula is C17H14F2O3. The Hall–Kier alpha value is -2.30. The van der Waals surface area contributed by atoms with E-state index in [-0.39, 0.29) is 12.2 Å². The van der Waals surface area contributed by atoms with Crippen molar-refractivity contribution in [1.82, 2.24) is 0 Å². The first-order valence-electron chi connectivity index (χ1n) is 7.06. The molecule has 114 valence electrons. The van der Waals surface area contributed by atoms with Crippen molar-refractivity contribution in [2.24, 2.45) is 0 Å². The van der Waals surface area contributed by atoms with Gasteiger partial charge in [0.15, 0.2) is 0 Å². The Morgan fingerprint density at radius 3 is 2.73 bits per heavy atom. The van der Waals surface area contributed by atoms with E-state index in [0.717, 1.165) is 5.39 Å². The van der Waals surface area contributed by atoms with Gasteiger partial charge in [-0.3, -0.25) is 9.59 Å². The zero-order chi connectivity index (χ0) is 15.9. The second kappa shape index (κ2) is 5.16. The summed E-state index contributed by atoms with van der Waals surface area (Å²) in [5.74, 6) is -6.62. The van der Waals surface area contributed by atoms with Crippen molar-refractivity contribution in [1.29, 1.82) is 0 Å². The molecule has 1 atom stereocenters. The lowest BCUT2D eigenvalue weighted by Gasteiger charge is -2.30. The third kappa shape index (κ3) is 2.17. The lowest BCUT2D eigenvalue weighted by Crippen LogP contribution is -2.39. The highest BCUT2D eigenvalue weighted by Gasteiger charge is 2.50. The molecule has 1 aliphatic rings. The summed E-state index contributed by atoms with van der Waals surface area (Å²) in [4.78, 5) is 24.1. The van der Waals surface area contributed by atoms with Gasteiger partial charge in [-0.1, -0.05) is 36.4 Å². The van der Waals surface area contributed by atoms with Gasteiger partial charge in [0.1, 0.15) is 0 Å². The molecule has 0 amide bonds. The predicted molar refractivity (Wildman–Crippen MR) is 77.2 cm³/mol. The minimum Gasteiger partial charge on any atom is -0.466 e. The predicted octanol–water partition coefficient (Wildman–Crippen LogP) is 3.71. The van der Waals surface area contributed by atoms with Gasteiger partial charge in [-0.15, -0.1) is 0 Å². The molecule has 0 aromatic heterocycles. The standard InChI is InChI=1S/C17H14F2O3/c1-2-22-16(21)13-9-17(18,19)15(20)12-8-7-10-5-3-4-6-11(10)14(12)13/h3-8,13H,2,9H2,1H3. The number of carbonyl (C=O) groups is 2. The van der Waals surface area contributed by atoms with Crippen LogP contribution in [0.1, 0.15) is 35.2 Å². The number of benzene rings is 2.